The number of nitrogens with zero attached hydrogens (tertiary/aromatic N) is 4. The summed E-state index contributed by atoms with van der Waals surface area (Å²) in [5, 5.41) is 17.9. The first-order chi connectivity index (χ1) is 40.2. The minimum Gasteiger partial charge on any atom is -0.453 e. The molecule has 0 N–H and O–H groups in total. The van der Waals surface area contributed by atoms with Gasteiger partial charge in [0.2, 0.25) is 32.3 Å². The number of hydrogen-bond acceptors (Lipinski definition) is 25. The summed E-state index contributed by atoms with van der Waals surface area (Å²) in [7, 11) is 0. The van der Waals surface area contributed by atoms with E-state index < -0.39 is 98.6 Å². The zero-order chi connectivity index (χ0) is 59.3. The van der Waals surface area contributed by atoms with Gasteiger partial charge < -0.3 is 56.8 Å². The SMILES string of the molecule is C.C.C.C.C.C.C.C.C.C.C.C.C=CC(=O)OCOc1ccc(OC(=O)C2CCC(C(=O)Oc3ccc(OC(=O)C4CCC(C(=O)Oc5ccc(OCOC(=O)C=C)c(OCOC(=O)C=C)c5)CC4)c4sc(N=Nc5ccc(C#N)cc5)nc34)CC2)cc1OCOC(=O)C=C. The molecule has 2 saturated carbocycles. The fraction of sp³-hybridized carbons (Fsp3) is 0.400. The largest absolute Gasteiger partial charge is 0.453 e. The maximum absolute atomic E-state index is 13.8. The van der Waals surface area contributed by atoms with Crippen LogP contribution < -0.4 is 37.9 Å². The van der Waals surface area contributed by atoms with Gasteiger partial charge >= 0.3 is 47.8 Å². The second kappa shape index (κ2) is 47.6. The second-order valence-corrected chi connectivity index (χ2v) is 18.8. The van der Waals surface area contributed by atoms with Crippen molar-refractivity contribution in [2.75, 3.05) is 27.2 Å². The topological polar surface area (TPSA) is 309 Å². The standard InChI is InChI=1S/C58H52N4O20S.12CH4/c1-5-48(63)75-30-71-42-23-21-40(27-46(42)73-32-77-50(65)7-3)79-54(67)35-11-15-37(16-12-35)56(69)81-44-25-26-45(53-52(44)60-58(83-53)62-61-39-19-9-34(29-59)10-20-39)82-57(70)38-17-13-36(14-18-38)55(68)80-41-22-24-43(72-31-76-49(64)6-2)47(28-41)74-33-78-51(66)8-4;;;;;;;;;;;;/h5-10,19-28,35-38H,1-4,11-18,30-33H2;12*1H4. The van der Waals surface area contributed by atoms with Crippen molar-refractivity contribution in [3.63, 3.8) is 0 Å². The van der Waals surface area contributed by atoms with Gasteiger partial charge in [-0.25, -0.2) is 24.2 Å². The van der Waals surface area contributed by atoms with Gasteiger partial charge in [-0.1, -0.05) is 127 Å². The highest BCUT2D eigenvalue weighted by Crippen LogP contribution is 2.43. The van der Waals surface area contributed by atoms with Crippen molar-refractivity contribution in [1.82, 2.24) is 4.98 Å². The third-order valence-corrected chi connectivity index (χ3v) is 13.5. The van der Waals surface area contributed by atoms with E-state index in [2.05, 4.69) is 41.5 Å². The van der Waals surface area contributed by atoms with E-state index in [1.807, 2.05) is 6.07 Å². The van der Waals surface area contributed by atoms with Crippen molar-refractivity contribution < 1.29 is 95.2 Å². The molecule has 526 valence electrons. The Bertz CT molecular complexity index is 3170. The van der Waals surface area contributed by atoms with E-state index in [0.29, 0.717) is 16.0 Å². The van der Waals surface area contributed by atoms with Gasteiger partial charge in [0.25, 0.3) is 0 Å². The molecule has 0 unspecified atom stereocenters. The van der Waals surface area contributed by atoms with Crippen LogP contribution in [-0.2, 0) is 57.3 Å². The van der Waals surface area contributed by atoms with Gasteiger partial charge in [0, 0.05) is 36.4 Å². The maximum atomic E-state index is 13.8. The molecule has 1 heterocycles. The number of benzene rings is 4. The van der Waals surface area contributed by atoms with E-state index in [1.165, 1.54) is 48.5 Å². The van der Waals surface area contributed by atoms with Gasteiger partial charge in [0.05, 0.1) is 41.0 Å². The average Bonchev–Trinajstić information content (AvgIpc) is 1.68. The normalized spacial score (nSPS) is 14.2. The number of nitriles is 1. The number of fused-ring (bicyclic) bond motifs is 1. The Hall–Kier alpha value is -10.2. The molecule has 4 aromatic carbocycles. The van der Waals surface area contributed by atoms with Gasteiger partial charge in [0.1, 0.15) is 21.7 Å². The molecule has 0 saturated heterocycles. The van der Waals surface area contributed by atoms with Crippen LogP contribution in [0.5, 0.6) is 46.0 Å². The molecule has 0 spiro atoms. The molecule has 2 fully saturated rings. The predicted molar refractivity (Wildman–Crippen MR) is 369 cm³/mol. The number of thiazole rings is 1. The third-order valence-electron chi connectivity index (χ3n) is 12.5. The fourth-order valence-corrected chi connectivity index (χ4v) is 9.03. The summed E-state index contributed by atoms with van der Waals surface area (Å²) in [6.45, 7) is 11.2. The van der Waals surface area contributed by atoms with E-state index in [9.17, 15) is 43.6 Å². The Balaban J connectivity index is -0.00000165. The van der Waals surface area contributed by atoms with E-state index >= 15 is 0 Å². The number of azo groups is 1. The molecule has 25 heteroatoms. The van der Waals surface area contributed by atoms with Gasteiger partial charge in [-0.3, -0.25) is 19.2 Å². The fourth-order valence-electron chi connectivity index (χ4n) is 8.18. The van der Waals surface area contributed by atoms with Gasteiger partial charge in [-0.15, -0.1) is 10.2 Å². The molecule has 7 rings (SSSR count). The Morgan fingerprint density at radius 2 is 0.747 bits per heavy atom. The Morgan fingerprint density at radius 3 is 1.09 bits per heavy atom. The number of rotatable bonds is 26. The zero-order valence-electron chi connectivity index (χ0n) is 44.2. The Labute approximate surface area is 565 Å². The Morgan fingerprint density at radius 1 is 0.432 bits per heavy atom. The lowest BCUT2D eigenvalue weighted by Crippen LogP contribution is -2.30. The van der Waals surface area contributed by atoms with Crippen molar-refractivity contribution in [2.45, 2.75) is 140 Å². The van der Waals surface area contributed by atoms with Crippen molar-refractivity contribution in [2.24, 2.45) is 33.9 Å². The molecule has 0 aliphatic heterocycles. The number of esters is 8. The van der Waals surface area contributed by atoms with E-state index in [1.54, 1.807) is 24.3 Å². The highest BCUT2D eigenvalue weighted by molar-refractivity contribution is 7.22. The van der Waals surface area contributed by atoms with Crippen molar-refractivity contribution in [1.29, 1.82) is 5.26 Å². The smallest absolute Gasteiger partial charge is 0.333 e. The molecule has 5 aromatic rings. The lowest BCUT2D eigenvalue weighted by atomic mass is 9.82. The molecule has 0 atom stereocenters. The maximum Gasteiger partial charge on any atom is 0.333 e. The second-order valence-electron chi connectivity index (χ2n) is 17.8. The van der Waals surface area contributed by atoms with Crippen LogP contribution in [0.2, 0.25) is 0 Å². The number of carbonyl (C=O) groups is 8. The molecule has 24 nitrogen and oxygen atoms in total. The summed E-state index contributed by atoms with van der Waals surface area (Å²) in [6, 6.07) is 19.6. The highest BCUT2D eigenvalue weighted by Gasteiger charge is 2.35. The summed E-state index contributed by atoms with van der Waals surface area (Å²) in [6.07, 6.45) is 5.98. The van der Waals surface area contributed by atoms with Gasteiger partial charge in [0.15, 0.2) is 34.5 Å². The van der Waals surface area contributed by atoms with Crippen molar-refractivity contribution in [3.8, 4) is 52.1 Å². The predicted octanol–water partition coefficient (Wildman–Crippen LogP) is 17.1. The first kappa shape index (κ1) is 95.9. The molecule has 1 aromatic heterocycles. The molecule has 2 aliphatic rings. The van der Waals surface area contributed by atoms with Gasteiger partial charge in [-0.2, -0.15) is 5.26 Å². The molecule has 0 amide bonds. The summed E-state index contributed by atoms with van der Waals surface area (Å²) in [5.41, 5.74) is 1.00. The van der Waals surface area contributed by atoms with E-state index in [4.69, 9.17) is 56.8 Å². The monoisotopic (exact) mass is 1350 g/mol. The first-order valence-corrected chi connectivity index (χ1v) is 26.2. The van der Waals surface area contributed by atoms with Crippen LogP contribution in [-0.4, -0.2) is 79.9 Å². The van der Waals surface area contributed by atoms with Crippen molar-refractivity contribution >= 4 is 80.1 Å². The van der Waals surface area contributed by atoms with E-state index in [0.717, 1.165) is 35.6 Å². The minimum absolute atomic E-state index is 0. The average molecular weight is 1350 g/mol. The van der Waals surface area contributed by atoms with Crippen LogP contribution in [0, 0.1) is 35.0 Å². The summed E-state index contributed by atoms with van der Waals surface area (Å²) >= 11 is 1.02. The first-order valence-electron chi connectivity index (χ1n) is 25.4. The summed E-state index contributed by atoms with van der Waals surface area (Å²) in [4.78, 5) is 105. The molecular formula is C70H100N4O20S. The van der Waals surface area contributed by atoms with Crippen LogP contribution >= 0.6 is 11.3 Å². The van der Waals surface area contributed by atoms with Gasteiger partial charge in [-0.05, 0) is 112 Å². The number of carbonyl (C=O) groups excluding carboxylic acids is 8. The minimum atomic E-state index is -0.755. The third kappa shape index (κ3) is 27.9. The molecule has 0 radical (unpaired) electrons. The van der Waals surface area contributed by atoms with Crippen molar-refractivity contribution in [3.05, 3.63) is 129 Å². The number of aromatic nitrogens is 1. The van der Waals surface area contributed by atoms with Crippen LogP contribution in [0.3, 0.4) is 0 Å². The summed E-state index contributed by atoms with van der Waals surface area (Å²) in [5.74, 6) is -7.27. The lowest BCUT2D eigenvalue weighted by Gasteiger charge is -2.26. The zero-order valence-corrected chi connectivity index (χ0v) is 45.0. The van der Waals surface area contributed by atoms with Crippen LogP contribution in [0.15, 0.2) is 134 Å². The van der Waals surface area contributed by atoms with Crippen LogP contribution in [0.4, 0.5) is 10.8 Å². The lowest BCUT2D eigenvalue weighted by molar-refractivity contribution is -0.146. The molecule has 0 bridgehead atoms. The molecule has 95 heavy (non-hydrogen) atoms. The van der Waals surface area contributed by atoms with Crippen LogP contribution in [0.25, 0.3) is 10.2 Å². The van der Waals surface area contributed by atoms with Crippen LogP contribution in [0.1, 0.15) is 146 Å². The highest BCUT2D eigenvalue weighted by atomic mass is 32.1. The Kier molecular flexibility index (Phi) is 48.1. The quantitative estimate of drug-likeness (QED) is 0.0124. The summed E-state index contributed by atoms with van der Waals surface area (Å²) < 4.78 is 65.1. The molecular weight excluding hydrogens is 1250 g/mol. The number of hydrogen-bond donors (Lipinski definition) is 0. The number of ether oxygens (including phenoxy) is 12. The molecule has 2 aliphatic carbocycles. The van der Waals surface area contributed by atoms with E-state index in [-0.39, 0.29) is 197 Å².